The summed E-state index contributed by atoms with van der Waals surface area (Å²) in [6, 6.07) is 6.85. The second kappa shape index (κ2) is 3.04. The SMILES string of the molecule is COc1ccc2c(c1)C(C)N(C)C2. The second-order valence-corrected chi connectivity index (χ2v) is 3.66. The minimum Gasteiger partial charge on any atom is -0.497 e. The first-order valence-corrected chi connectivity index (χ1v) is 4.59. The zero-order valence-electron chi connectivity index (χ0n) is 8.37. The molecule has 0 aromatic heterocycles. The Balaban J connectivity index is 2.42. The van der Waals surface area contributed by atoms with Crippen molar-refractivity contribution in [1.82, 2.24) is 4.90 Å². The lowest BCUT2D eigenvalue weighted by molar-refractivity contribution is 0.286. The average molecular weight is 177 g/mol. The van der Waals surface area contributed by atoms with Gasteiger partial charge >= 0.3 is 0 Å². The molecular weight excluding hydrogens is 162 g/mol. The predicted octanol–water partition coefficient (Wildman–Crippen LogP) is 2.20. The molecule has 1 aromatic rings. The third-order valence-electron chi connectivity index (χ3n) is 2.88. The molecule has 0 saturated heterocycles. The molecule has 1 heterocycles. The summed E-state index contributed by atoms with van der Waals surface area (Å²) >= 11 is 0. The van der Waals surface area contributed by atoms with Crippen molar-refractivity contribution in [2.45, 2.75) is 19.5 Å². The Morgan fingerprint density at radius 1 is 1.46 bits per heavy atom. The summed E-state index contributed by atoms with van der Waals surface area (Å²) < 4.78 is 5.20. The average Bonchev–Trinajstić information content (AvgIpc) is 2.43. The van der Waals surface area contributed by atoms with Gasteiger partial charge in [-0.05, 0) is 37.2 Å². The lowest BCUT2D eigenvalue weighted by Crippen LogP contribution is -2.12. The van der Waals surface area contributed by atoms with Gasteiger partial charge < -0.3 is 4.74 Å². The maximum atomic E-state index is 5.20. The fourth-order valence-electron chi connectivity index (χ4n) is 1.88. The molecule has 1 aliphatic rings. The summed E-state index contributed by atoms with van der Waals surface area (Å²) in [6.45, 7) is 3.28. The number of fused-ring (bicyclic) bond motifs is 1. The topological polar surface area (TPSA) is 12.5 Å². The highest BCUT2D eigenvalue weighted by Crippen LogP contribution is 2.33. The van der Waals surface area contributed by atoms with Crippen molar-refractivity contribution >= 4 is 0 Å². The van der Waals surface area contributed by atoms with Gasteiger partial charge in [0.25, 0.3) is 0 Å². The highest BCUT2D eigenvalue weighted by Gasteiger charge is 2.23. The van der Waals surface area contributed by atoms with Crippen LogP contribution in [0.3, 0.4) is 0 Å². The Kier molecular flexibility index (Phi) is 2.00. The number of hydrogen-bond donors (Lipinski definition) is 0. The monoisotopic (exact) mass is 177 g/mol. The molecule has 13 heavy (non-hydrogen) atoms. The highest BCUT2D eigenvalue weighted by atomic mass is 16.5. The molecule has 2 rings (SSSR count). The number of rotatable bonds is 1. The smallest absolute Gasteiger partial charge is 0.119 e. The van der Waals surface area contributed by atoms with E-state index < -0.39 is 0 Å². The zero-order chi connectivity index (χ0) is 9.42. The van der Waals surface area contributed by atoms with Crippen molar-refractivity contribution in [2.75, 3.05) is 14.2 Å². The molecule has 0 fully saturated rings. The second-order valence-electron chi connectivity index (χ2n) is 3.66. The lowest BCUT2D eigenvalue weighted by atomic mass is 10.1. The van der Waals surface area contributed by atoms with Crippen molar-refractivity contribution in [3.63, 3.8) is 0 Å². The first-order chi connectivity index (χ1) is 6.22. The van der Waals surface area contributed by atoms with Crippen molar-refractivity contribution in [1.29, 1.82) is 0 Å². The van der Waals surface area contributed by atoms with Gasteiger partial charge in [-0.2, -0.15) is 0 Å². The molecule has 70 valence electrons. The molecule has 1 aliphatic heterocycles. The quantitative estimate of drug-likeness (QED) is 0.652. The van der Waals surface area contributed by atoms with Crippen LogP contribution in [0.4, 0.5) is 0 Å². The third kappa shape index (κ3) is 1.31. The van der Waals surface area contributed by atoms with Crippen molar-refractivity contribution in [3.8, 4) is 5.75 Å². The van der Waals surface area contributed by atoms with Crippen LogP contribution in [-0.2, 0) is 6.54 Å². The number of ether oxygens (including phenoxy) is 1. The largest absolute Gasteiger partial charge is 0.497 e. The van der Waals surface area contributed by atoms with Crippen LogP contribution in [0, 0.1) is 0 Å². The van der Waals surface area contributed by atoms with Crippen LogP contribution < -0.4 is 4.74 Å². The number of hydrogen-bond acceptors (Lipinski definition) is 2. The highest BCUT2D eigenvalue weighted by molar-refractivity contribution is 5.39. The van der Waals surface area contributed by atoms with Crippen molar-refractivity contribution in [3.05, 3.63) is 29.3 Å². The molecule has 0 radical (unpaired) electrons. The summed E-state index contributed by atoms with van der Waals surface area (Å²) in [5.74, 6) is 0.959. The van der Waals surface area contributed by atoms with Crippen LogP contribution >= 0.6 is 0 Å². The van der Waals surface area contributed by atoms with Crippen molar-refractivity contribution in [2.24, 2.45) is 0 Å². The number of nitrogens with zero attached hydrogens (tertiary/aromatic N) is 1. The van der Waals surface area contributed by atoms with E-state index >= 15 is 0 Å². The standard InChI is InChI=1S/C11H15NO/c1-8-11-6-10(13-3)5-4-9(11)7-12(8)2/h4-6,8H,7H2,1-3H3. The molecule has 0 spiro atoms. The van der Waals surface area contributed by atoms with Gasteiger partial charge in [-0.15, -0.1) is 0 Å². The number of benzene rings is 1. The van der Waals surface area contributed by atoms with Crippen LogP contribution in [0.1, 0.15) is 24.1 Å². The Hall–Kier alpha value is -1.02. The summed E-state index contributed by atoms with van der Waals surface area (Å²) in [5.41, 5.74) is 2.83. The molecule has 1 unspecified atom stereocenters. The first-order valence-electron chi connectivity index (χ1n) is 4.59. The van der Waals surface area contributed by atoms with Gasteiger partial charge in [0.05, 0.1) is 7.11 Å². The van der Waals surface area contributed by atoms with E-state index in [9.17, 15) is 0 Å². The van der Waals surface area contributed by atoms with Gasteiger partial charge in [0.1, 0.15) is 5.75 Å². The maximum absolute atomic E-state index is 5.20. The molecular formula is C11H15NO. The Bertz CT molecular complexity index is 322. The van der Waals surface area contributed by atoms with Gasteiger partial charge in [0.15, 0.2) is 0 Å². The molecule has 2 nitrogen and oxygen atoms in total. The van der Waals surface area contributed by atoms with E-state index in [0.29, 0.717) is 6.04 Å². The summed E-state index contributed by atoms with van der Waals surface area (Å²) in [6.07, 6.45) is 0. The van der Waals surface area contributed by atoms with Gasteiger partial charge in [-0.3, -0.25) is 4.90 Å². The van der Waals surface area contributed by atoms with E-state index in [1.165, 1.54) is 11.1 Å². The molecule has 0 amide bonds. The molecule has 0 aliphatic carbocycles. The predicted molar refractivity (Wildman–Crippen MR) is 52.9 cm³/mol. The number of methoxy groups -OCH3 is 1. The summed E-state index contributed by atoms with van der Waals surface area (Å²) in [5, 5.41) is 0. The fourth-order valence-corrected chi connectivity index (χ4v) is 1.88. The maximum Gasteiger partial charge on any atom is 0.119 e. The van der Waals surface area contributed by atoms with E-state index in [1.54, 1.807) is 7.11 Å². The fraction of sp³-hybridized carbons (Fsp3) is 0.455. The van der Waals surface area contributed by atoms with Crippen LogP contribution in [0.2, 0.25) is 0 Å². The lowest BCUT2D eigenvalue weighted by Gasteiger charge is -2.14. The van der Waals surface area contributed by atoms with E-state index in [1.807, 2.05) is 6.07 Å². The minimum absolute atomic E-state index is 0.519. The van der Waals surface area contributed by atoms with Crippen LogP contribution in [0.5, 0.6) is 5.75 Å². The van der Waals surface area contributed by atoms with Gasteiger partial charge in [0.2, 0.25) is 0 Å². The molecule has 0 N–H and O–H groups in total. The first kappa shape index (κ1) is 8.57. The zero-order valence-corrected chi connectivity index (χ0v) is 8.37. The minimum atomic E-state index is 0.519. The molecule has 2 heteroatoms. The Morgan fingerprint density at radius 2 is 2.23 bits per heavy atom. The van der Waals surface area contributed by atoms with E-state index in [2.05, 4.69) is 31.0 Å². The molecule has 1 aromatic carbocycles. The van der Waals surface area contributed by atoms with Crippen molar-refractivity contribution < 1.29 is 4.74 Å². The third-order valence-corrected chi connectivity index (χ3v) is 2.88. The van der Waals surface area contributed by atoms with Crippen LogP contribution in [0.15, 0.2) is 18.2 Å². The summed E-state index contributed by atoms with van der Waals surface area (Å²) in [4.78, 5) is 2.34. The Morgan fingerprint density at radius 3 is 2.92 bits per heavy atom. The Labute approximate surface area is 79.1 Å². The normalized spacial score (nSPS) is 21.6. The summed E-state index contributed by atoms with van der Waals surface area (Å²) in [7, 11) is 3.86. The van der Waals surface area contributed by atoms with Crippen LogP contribution in [0.25, 0.3) is 0 Å². The van der Waals surface area contributed by atoms with Gasteiger partial charge in [-0.1, -0.05) is 6.07 Å². The van der Waals surface area contributed by atoms with E-state index in [4.69, 9.17) is 4.74 Å². The van der Waals surface area contributed by atoms with Gasteiger partial charge in [-0.25, -0.2) is 0 Å². The van der Waals surface area contributed by atoms with E-state index in [0.717, 1.165) is 12.3 Å². The van der Waals surface area contributed by atoms with Gasteiger partial charge in [0, 0.05) is 12.6 Å². The molecule has 1 atom stereocenters. The molecule has 0 saturated carbocycles. The molecule has 0 bridgehead atoms. The van der Waals surface area contributed by atoms with Crippen LogP contribution in [-0.4, -0.2) is 19.1 Å². The van der Waals surface area contributed by atoms with E-state index in [-0.39, 0.29) is 0 Å².